The summed E-state index contributed by atoms with van der Waals surface area (Å²) in [5.41, 5.74) is 10.4. The Morgan fingerprint density at radius 2 is 2.31 bits per heavy atom. The molecule has 0 saturated carbocycles. The van der Waals surface area contributed by atoms with Gasteiger partial charge in [0, 0.05) is 6.54 Å². The third-order valence-corrected chi connectivity index (χ3v) is 1.90. The van der Waals surface area contributed by atoms with E-state index in [4.69, 9.17) is 11.5 Å². The summed E-state index contributed by atoms with van der Waals surface area (Å²) in [5, 5.41) is 9.72. The lowest BCUT2D eigenvalue weighted by Crippen LogP contribution is -2.42. The predicted octanol–water partition coefficient (Wildman–Crippen LogP) is -2.16. The monoisotopic (exact) mass is 226 g/mol. The van der Waals surface area contributed by atoms with E-state index in [1.807, 2.05) is 0 Å². The Morgan fingerprint density at radius 3 is 2.88 bits per heavy atom. The van der Waals surface area contributed by atoms with Crippen LogP contribution in [0.2, 0.25) is 0 Å². The zero-order valence-electron chi connectivity index (χ0n) is 8.88. The molecule has 5 N–H and O–H groups in total. The molecule has 1 aromatic heterocycles. The standard InChI is InChI=1S/C8H14N6O2/c1-5(7(10)15)11-8(16)6-4-14(3-2-9)13-12-6/h4-5H,2-3,9H2,1H3,(H2,10,15)(H,11,16). The van der Waals surface area contributed by atoms with Gasteiger partial charge in [-0.3, -0.25) is 14.3 Å². The second-order valence-electron chi connectivity index (χ2n) is 3.25. The summed E-state index contributed by atoms with van der Waals surface area (Å²) in [6, 6.07) is -0.743. The molecule has 1 aromatic rings. The Bertz CT molecular complexity index is 388. The van der Waals surface area contributed by atoms with Gasteiger partial charge in [-0.2, -0.15) is 0 Å². The van der Waals surface area contributed by atoms with Crippen LogP contribution in [0.3, 0.4) is 0 Å². The fourth-order valence-electron chi connectivity index (χ4n) is 0.986. The summed E-state index contributed by atoms with van der Waals surface area (Å²) in [7, 11) is 0. The van der Waals surface area contributed by atoms with E-state index in [1.54, 1.807) is 0 Å². The molecule has 0 aromatic carbocycles. The van der Waals surface area contributed by atoms with E-state index < -0.39 is 17.9 Å². The second kappa shape index (κ2) is 5.21. The molecule has 1 unspecified atom stereocenters. The summed E-state index contributed by atoms with van der Waals surface area (Å²) in [6.45, 7) is 2.37. The zero-order valence-corrected chi connectivity index (χ0v) is 8.88. The molecule has 1 rings (SSSR count). The Labute approximate surface area is 92.0 Å². The fraction of sp³-hybridized carbons (Fsp3) is 0.500. The van der Waals surface area contributed by atoms with Gasteiger partial charge in [0.25, 0.3) is 5.91 Å². The molecule has 2 amide bonds. The maximum absolute atomic E-state index is 11.5. The van der Waals surface area contributed by atoms with Gasteiger partial charge in [0.1, 0.15) is 6.04 Å². The van der Waals surface area contributed by atoms with Crippen molar-refractivity contribution in [3.63, 3.8) is 0 Å². The number of carbonyl (C=O) groups is 2. The Kier molecular flexibility index (Phi) is 3.95. The summed E-state index contributed by atoms with van der Waals surface area (Å²) in [6.07, 6.45) is 1.45. The van der Waals surface area contributed by atoms with Crippen molar-refractivity contribution in [2.75, 3.05) is 6.54 Å². The van der Waals surface area contributed by atoms with Crippen LogP contribution in [0.4, 0.5) is 0 Å². The van der Waals surface area contributed by atoms with Crippen LogP contribution in [0.1, 0.15) is 17.4 Å². The van der Waals surface area contributed by atoms with E-state index in [-0.39, 0.29) is 5.69 Å². The lowest BCUT2D eigenvalue weighted by atomic mass is 10.3. The van der Waals surface area contributed by atoms with Crippen molar-refractivity contribution in [1.29, 1.82) is 0 Å². The van der Waals surface area contributed by atoms with Gasteiger partial charge in [-0.05, 0) is 6.92 Å². The van der Waals surface area contributed by atoms with Gasteiger partial charge in [-0.1, -0.05) is 5.21 Å². The number of rotatable bonds is 5. The number of hydrogen-bond acceptors (Lipinski definition) is 5. The van der Waals surface area contributed by atoms with Gasteiger partial charge in [-0.15, -0.1) is 5.10 Å². The van der Waals surface area contributed by atoms with Crippen LogP contribution >= 0.6 is 0 Å². The number of nitrogens with two attached hydrogens (primary N) is 2. The van der Waals surface area contributed by atoms with Crippen molar-refractivity contribution in [2.24, 2.45) is 11.5 Å². The molecule has 8 heteroatoms. The van der Waals surface area contributed by atoms with Gasteiger partial charge in [0.15, 0.2) is 5.69 Å². The van der Waals surface area contributed by atoms with Gasteiger partial charge >= 0.3 is 0 Å². The first-order valence-corrected chi connectivity index (χ1v) is 4.75. The molecular formula is C8H14N6O2. The van der Waals surface area contributed by atoms with Crippen molar-refractivity contribution in [1.82, 2.24) is 20.3 Å². The topological polar surface area (TPSA) is 129 Å². The lowest BCUT2D eigenvalue weighted by Gasteiger charge is -2.07. The number of hydrogen-bond donors (Lipinski definition) is 3. The second-order valence-corrected chi connectivity index (χ2v) is 3.25. The predicted molar refractivity (Wildman–Crippen MR) is 55.2 cm³/mol. The molecule has 16 heavy (non-hydrogen) atoms. The molecule has 1 atom stereocenters. The molecule has 0 aliphatic carbocycles. The van der Waals surface area contributed by atoms with Gasteiger partial charge in [-0.25, -0.2) is 0 Å². The number of amides is 2. The third kappa shape index (κ3) is 3.02. The van der Waals surface area contributed by atoms with E-state index in [0.717, 1.165) is 0 Å². The molecule has 1 heterocycles. The molecule has 8 nitrogen and oxygen atoms in total. The minimum absolute atomic E-state index is 0.126. The molecular weight excluding hydrogens is 212 g/mol. The van der Waals surface area contributed by atoms with Crippen molar-refractivity contribution >= 4 is 11.8 Å². The van der Waals surface area contributed by atoms with E-state index in [2.05, 4.69) is 15.6 Å². The number of carbonyl (C=O) groups excluding carboxylic acids is 2. The summed E-state index contributed by atoms with van der Waals surface area (Å²) >= 11 is 0. The quantitative estimate of drug-likeness (QED) is 0.526. The van der Waals surface area contributed by atoms with Crippen molar-refractivity contribution in [2.45, 2.75) is 19.5 Å². The molecule has 0 radical (unpaired) electrons. The molecule has 0 aliphatic heterocycles. The summed E-state index contributed by atoms with van der Waals surface area (Å²) in [5.74, 6) is -1.10. The van der Waals surface area contributed by atoms with Crippen LogP contribution in [0.25, 0.3) is 0 Å². The minimum atomic E-state index is -0.743. The Hall–Kier alpha value is -1.96. The Balaban J connectivity index is 2.62. The lowest BCUT2D eigenvalue weighted by molar-refractivity contribution is -0.119. The number of nitrogens with one attached hydrogen (secondary N) is 1. The highest BCUT2D eigenvalue weighted by molar-refractivity contribution is 5.95. The molecule has 0 fully saturated rings. The average molecular weight is 226 g/mol. The maximum Gasteiger partial charge on any atom is 0.274 e. The van der Waals surface area contributed by atoms with Gasteiger partial charge in [0.2, 0.25) is 5.91 Å². The molecule has 0 bridgehead atoms. The third-order valence-electron chi connectivity index (χ3n) is 1.90. The molecule has 0 spiro atoms. The Morgan fingerprint density at radius 1 is 1.62 bits per heavy atom. The first-order chi connectivity index (χ1) is 7.54. The highest BCUT2D eigenvalue weighted by Gasteiger charge is 2.16. The maximum atomic E-state index is 11.5. The number of aromatic nitrogens is 3. The molecule has 0 aliphatic rings. The first kappa shape index (κ1) is 12.1. The van der Waals surface area contributed by atoms with Gasteiger partial charge < -0.3 is 16.8 Å². The molecule has 0 saturated heterocycles. The van der Waals surface area contributed by atoms with Gasteiger partial charge in [0.05, 0.1) is 12.7 Å². The van der Waals surface area contributed by atoms with Crippen molar-refractivity contribution in [3.8, 4) is 0 Å². The van der Waals surface area contributed by atoms with Crippen LogP contribution in [0.5, 0.6) is 0 Å². The largest absolute Gasteiger partial charge is 0.368 e. The number of nitrogens with zero attached hydrogens (tertiary/aromatic N) is 3. The fourth-order valence-corrected chi connectivity index (χ4v) is 0.986. The van der Waals surface area contributed by atoms with E-state index in [1.165, 1.54) is 17.8 Å². The van der Waals surface area contributed by atoms with Crippen LogP contribution < -0.4 is 16.8 Å². The highest BCUT2D eigenvalue weighted by Crippen LogP contribution is 1.94. The summed E-state index contributed by atoms with van der Waals surface area (Å²) in [4.78, 5) is 22.2. The van der Waals surface area contributed by atoms with E-state index in [0.29, 0.717) is 13.1 Å². The molecule has 88 valence electrons. The highest BCUT2D eigenvalue weighted by atomic mass is 16.2. The van der Waals surface area contributed by atoms with Crippen LogP contribution in [-0.2, 0) is 11.3 Å². The first-order valence-electron chi connectivity index (χ1n) is 4.75. The zero-order chi connectivity index (χ0) is 12.1. The van der Waals surface area contributed by atoms with Crippen LogP contribution in [0, 0.1) is 0 Å². The van der Waals surface area contributed by atoms with Crippen LogP contribution in [-0.4, -0.2) is 39.4 Å². The normalized spacial score (nSPS) is 12.1. The minimum Gasteiger partial charge on any atom is -0.368 e. The average Bonchev–Trinajstić information content (AvgIpc) is 2.66. The summed E-state index contributed by atoms with van der Waals surface area (Å²) < 4.78 is 1.45. The van der Waals surface area contributed by atoms with Crippen LogP contribution in [0.15, 0.2) is 6.20 Å². The van der Waals surface area contributed by atoms with E-state index >= 15 is 0 Å². The van der Waals surface area contributed by atoms with Crippen molar-refractivity contribution < 1.29 is 9.59 Å². The van der Waals surface area contributed by atoms with Crippen molar-refractivity contribution in [3.05, 3.63) is 11.9 Å². The number of primary amides is 1. The smallest absolute Gasteiger partial charge is 0.274 e. The van der Waals surface area contributed by atoms with E-state index in [9.17, 15) is 9.59 Å². The SMILES string of the molecule is CC(NC(=O)c1cn(CCN)nn1)C(N)=O.